The van der Waals surface area contributed by atoms with E-state index in [1.807, 2.05) is 25.1 Å². The Kier molecular flexibility index (Phi) is 7.15. The minimum atomic E-state index is -3.29. The van der Waals surface area contributed by atoms with Crippen LogP contribution in [0.15, 0.2) is 48.5 Å². The van der Waals surface area contributed by atoms with Crippen LogP contribution in [-0.4, -0.2) is 28.5 Å². The topological polar surface area (TPSA) is 84.5 Å². The van der Waals surface area contributed by atoms with Gasteiger partial charge in [0.2, 0.25) is 15.9 Å². The number of hydrogen-bond acceptors (Lipinski definition) is 4. The smallest absolute Gasteiger partial charge is 0.244 e. The molecular weight excluding hydrogens is 364 g/mol. The van der Waals surface area contributed by atoms with Gasteiger partial charge in [-0.1, -0.05) is 35.9 Å². The first-order chi connectivity index (χ1) is 12.8. The maximum absolute atomic E-state index is 12.0. The molecular formula is C20H24N2O4S. The Morgan fingerprint density at radius 2 is 1.78 bits per heavy atom. The zero-order chi connectivity index (χ0) is 19.9. The van der Waals surface area contributed by atoms with Crippen LogP contribution in [0.2, 0.25) is 0 Å². The van der Waals surface area contributed by atoms with Gasteiger partial charge < -0.3 is 10.1 Å². The lowest BCUT2D eigenvalue weighted by Gasteiger charge is -2.07. The molecule has 6 nitrogen and oxygen atoms in total. The number of hydrogen-bond donors (Lipinski definition) is 2. The van der Waals surface area contributed by atoms with Crippen LogP contribution < -0.4 is 14.8 Å². The second-order valence-electron chi connectivity index (χ2n) is 6.08. The van der Waals surface area contributed by atoms with E-state index < -0.39 is 10.0 Å². The van der Waals surface area contributed by atoms with E-state index in [4.69, 9.17) is 4.74 Å². The van der Waals surface area contributed by atoms with Crippen molar-refractivity contribution in [3.63, 3.8) is 0 Å². The summed E-state index contributed by atoms with van der Waals surface area (Å²) in [5, 5.41) is 2.80. The molecule has 0 heterocycles. The van der Waals surface area contributed by atoms with E-state index in [1.165, 1.54) is 13.1 Å². The number of methoxy groups -OCH3 is 1. The predicted octanol–water partition coefficient (Wildman–Crippen LogP) is 2.38. The first kappa shape index (κ1) is 20.7. The highest BCUT2D eigenvalue weighted by Crippen LogP contribution is 2.20. The molecule has 0 spiro atoms. The molecule has 0 aliphatic heterocycles. The maximum Gasteiger partial charge on any atom is 0.244 e. The second kappa shape index (κ2) is 9.34. The number of benzene rings is 2. The largest absolute Gasteiger partial charge is 0.496 e. The van der Waals surface area contributed by atoms with Crippen molar-refractivity contribution in [1.29, 1.82) is 0 Å². The van der Waals surface area contributed by atoms with E-state index >= 15 is 0 Å². The van der Waals surface area contributed by atoms with E-state index in [-0.39, 0.29) is 11.7 Å². The van der Waals surface area contributed by atoms with Crippen molar-refractivity contribution in [1.82, 2.24) is 10.0 Å². The molecule has 0 aliphatic rings. The van der Waals surface area contributed by atoms with Crippen molar-refractivity contribution in [3.05, 3.63) is 70.8 Å². The SMILES string of the molecule is CNS(=O)(=O)Cc1ccc(CNC(=O)/C=C/c2cc(C)ccc2OC)cc1. The minimum Gasteiger partial charge on any atom is -0.496 e. The standard InChI is InChI=1S/C20H24N2O4S/c1-15-4-10-19(26-3)18(12-15)9-11-20(23)22-13-16-5-7-17(8-6-16)14-27(24,25)21-2/h4-12,21H,13-14H2,1-3H3,(H,22,23)/b11-9+. The van der Waals surface area contributed by atoms with Crippen molar-refractivity contribution >= 4 is 22.0 Å². The van der Waals surface area contributed by atoms with Gasteiger partial charge in [-0.3, -0.25) is 4.79 Å². The summed E-state index contributed by atoms with van der Waals surface area (Å²) in [7, 11) is -0.314. The Bertz CT molecular complexity index is 919. The summed E-state index contributed by atoms with van der Waals surface area (Å²) in [6.07, 6.45) is 3.18. The molecule has 0 fully saturated rings. The number of nitrogens with one attached hydrogen (secondary N) is 2. The molecule has 2 N–H and O–H groups in total. The van der Waals surface area contributed by atoms with Gasteiger partial charge in [0.15, 0.2) is 0 Å². The molecule has 2 aromatic rings. The number of amides is 1. The van der Waals surface area contributed by atoms with E-state index in [2.05, 4.69) is 10.0 Å². The van der Waals surface area contributed by atoms with Gasteiger partial charge in [0.05, 0.1) is 12.9 Å². The van der Waals surface area contributed by atoms with Crippen molar-refractivity contribution in [3.8, 4) is 5.75 Å². The summed E-state index contributed by atoms with van der Waals surface area (Å²) in [4.78, 5) is 12.0. The Morgan fingerprint density at radius 1 is 1.11 bits per heavy atom. The molecule has 144 valence electrons. The average Bonchev–Trinajstić information content (AvgIpc) is 2.65. The lowest BCUT2D eigenvalue weighted by molar-refractivity contribution is -0.116. The highest BCUT2D eigenvalue weighted by Gasteiger charge is 2.08. The zero-order valence-electron chi connectivity index (χ0n) is 15.7. The van der Waals surface area contributed by atoms with E-state index in [1.54, 1.807) is 37.5 Å². The van der Waals surface area contributed by atoms with Crippen LogP contribution in [0.25, 0.3) is 6.08 Å². The molecule has 0 unspecified atom stereocenters. The summed E-state index contributed by atoms with van der Waals surface area (Å²) in [6, 6.07) is 12.8. The molecule has 0 aromatic heterocycles. The van der Waals surface area contributed by atoms with Crippen molar-refractivity contribution in [2.24, 2.45) is 0 Å². The van der Waals surface area contributed by atoms with Gasteiger partial charge in [0.1, 0.15) is 5.75 Å². The lowest BCUT2D eigenvalue weighted by atomic mass is 10.1. The first-order valence-corrected chi connectivity index (χ1v) is 10.1. The third kappa shape index (κ3) is 6.54. The van der Waals surface area contributed by atoms with Gasteiger partial charge in [0, 0.05) is 18.2 Å². The number of carbonyl (C=O) groups excluding carboxylic acids is 1. The van der Waals surface area contributed by atoms with Crippen molar-refractivity contribution in [2.75, 3.05) is 14.2 Å². The van der Waals surface area contributed by atoms with Gasteiger partial charge in [-0.15, -0.1) is 0 Å². The van der Waals surface area contributed by atoms with Crippen LogP contribution in [0, 0.1) is 6.92 Å². The molecule has 0 radical (unpaired) electrons. The molecule has 0 saturated heterocycles. The van der Waals surface area contributed by atoms with Gasteiger partial charge in [0.25, 0.3) is 0 Å². The molecule has 0 saturated carbocycles. The van der Waals surface area contributed by atoms with Gasteiger partial charge in [-0.25, -0.2) is 13.1 Å². The highest BCUT2D eigenvalue weighted by atomic mass is 32.2. The minimum absolute atomic E-state index is 0.0722. The molecule has 2 aromatic carbocycles. The fourth-order valence-corrected chi connectivity index (χ4v) is 3.22. The third-order valence-corrected chi connectivity index (χ3v) is 5.29. The zero-order valence-corrected chi connectivity index (χ0v) is 16.5. The van der Waals surface area contributed by atoms with Gasteiger partial charge in [-0.2, -0.15) is 0 Å². The van der Waals surface area contributed by atoms with E-state index in [9.17, 15) is 13.2 Å². The number of aryl methyl sites for hydroxylation is 1. The Labute approximate surface area is 160 Å². The van der Waals surface area contributed by atoms with Crippen molar-refractivity contribution < 1.29 is 17.9 Å². The molecule has 27 heavy (non-hydrogen) atoms. The highest BCUT2D eigenvalue weighted by molar-refractivity contribution is 7.88. The van der Waals surface area contributed by atoms with Crippen molar-refractivity contribution in [2.45, 2.75) is 19.2 Å². The summed E-state index contributed by atoms with van der Waals surface area (Å²) in [5.74, 6) is 0.411. The van der Waals surface area contributed by atoms with Crippen LogP contribution in [0.1, 0.15) is 22.3 Å². The van der Waals surface area contributed by atoms with Gasteiger partial charge >= 0.3 is 0 Å². The quantitative estimate of drug-likeness (QED) is 0.680. The number of rotatable bonds is 8. The normalized spacial score (nSPS) is 11.5. The van der Waals surface area contributed by atoms with Crippen LogP contribution in [0.5, 0.6) is 5.75 Å². The molecule has 0 aliphatic carbocycles. The fraction of sp³-hybridized carbons (Fsp3) is 0.250. The average molecular weight is 388 g/mol. The molecule has 0 bridgehead atoms. The first-order valence-electron chi connectivity index (χ1n) is 8.42. The Hall–Kier alpha value is -2.64. The Morgan fingerprint density at radius 3 is 2.41 bits per heavy atom. The molecule has 1 amide bonds. The second-order valence-corrected chi connectivity index (χ2v) is 8.00. The number of ether oxygens (including phenoxy) is 1. The third-order valence-electron chi connectivity index (χ3n) is 3.96. The van der Waals surface area contributed by atoms with E-state index in [0.717, 1.165) is 16.7 Å². The maximum atomic E-state index is 12.0. The van der Waals surface area contributed by atoms with Crippen LogP contribution in [0.3, 0.4) is 0 Å². The summed E-state index contributed by atoms with van der Waals surface area (Å²) < 4.78 is 30.6. The summed E-state index contributed by atoms with van der Waals surface area (Å²) in [6.45, 7) is 2.33. The lowest BCUT2D eigenvalue weighted by Crippen LogP contribution is -2.21. The molecule has 2 rings (SSSR count). The summed E-state index contributed by atoms with van der Waals surface area (Å²) >= 11 is 0. The molecule has 0 atom stereocenters. The number of sulfonamides is 1. The summed E-state index contributed by atoms with van der Waals surface area (Å²) in [5.41, 5.74) is 3.49. The number of carbonyl (C=O) groups is 1. The molecule has 7 heteroatoms. The van der Waals surface area contributed by atoms with Crippen LogP contribution in [-0.2, 0) is 27.1 Å². The monoisotopic (exact) mass is 388 g/mol. The Balaban J connectivity index is 1.93. The van der Waals surface area contributed by atoms with Crippen LogP contribution >= 0.6 is 0 Å². The van der Waals surface area contributed by atoms with Crippen LogP contribution in [0.4, 0.5) is 0 Å². The predicted molar refractivity (Wildman–Crippen MR) is 107 cm³/mol. The van der Waals surface area contributed by atoms with Gasteiger partial charge in [-0.05, 0) is 43.3 Å². The fourth-order valence-electron chi connectivity index (χ4n) is 2.44. The van der Waals surface area contributed by atoms with E-state index in [0.29, 0.717) is 17.9 Å².